The van der Waals surface area contributed by atoms with Crippen molar-refractivity contribution in [3.8, 4) is 0 Å². The van der Waals surface area contributed by atoms with Crippen LogP contribution in [0.25, 0.3) is 0 Å². The molecule has 0 spiro atoms. The molecule has 2 nitrogen and oxygen atoms in total. The van der Waals surface area contributed by atoms with Crippen LogP contribution in [0.4, 0.5) is 0 Å². The Labute approximate surface area is 119 Å². The van der Waals surface area contributed by atoms with Crippen molar-refractivity contribution in [1.82, 2.24) is 0 Å². The average molecular weight is 350 g/mol. The van der Waals surface area contributed by atoms with Gasteiger partial charge in [-0.25, -0.2) is 0 Å². The van der Waals surface area contributed by atoms with E-state index >= 15 is 0 Å². The molecule has 0 N–H and O–H groups in total. The number of unbranched alkanes of at least 4 members (excludes halogenated alkanes) is 2. The van der Waals surface area contributed by atoms with Gasteiger partial charge in [0.05, 0.1) is 6.61 Å². The smallest absolute Gasteiger partial charge is 0.253 e. The van der Waals surface area contributed by atoms with E-state index in [1.54, 1.807) is 0 Å². The molecule has 0 saturated heterocycles. The molecule has 8 heteroatoms. The highest BCUT2D eigenvalue weighted by Crippen LogP contribution is 2.56. The predicted molar refractivity (Wildman–Crippen MR) is 78.6 cm³/mol. The Morgan fingerprint density at radius 1 is 1.12 bits per heavy atom. The fourth-order valence-corrected chi connectivity index (χ4v) is 2.70. The summed E-state index contributed by atoms with van der Waals surface area (Å²) in [6.45, 7) is 3.62. The Morgan fingerprint density at radius 3 is 1.88 bits per heavy atom. The average Bonchev–Trinajstić information content (AvgIpc) is 2.14. The fourth-order valence-electron chi connectivity index (χ4n) is 0.620. The second kappa shape index (κ2) is 13.2. The molecule has 0 aliphatic carbocycles. The lowest BCUT2D eigenvalue weighted by Gasteiger charge is -1.99. The van der Waals surface area contributed by atoms with Crippen LogP contribution in [0.2, 0.25) is 0 Å². The zero-order valence-corrected chi connectivity index (χ0v) is 14.3. The number of hydrogen-bond acceptors (Lipinski definition) is 2. The van der Waals surface area contributed by atoms with E-state index in [9.17, 15) is 4.57 Å². The van der Waals surface area contributed by atoms with Crippen LogP contribution in [0.3, 0.4) is 0 Å². The topological polar surface area (TPSA) is 26.3 Å². The third kappa shape index (κ3) is 24.8. The first-order valence-electron chi connectivity index (χ1n) is 5.06. The molecule has 0 aromatic carbocycles. The molecule has 0 rings (SSSR count). The first-order chi connectivity index (χ1) is 7.33. The van der Waals surface area contributed by atoms with Gasteiger partial charge in [-0.2, -0.15) is 0 Å². The van der Waals surface area contributed by atoms with E-state index in [0.717, 1.165) is 25.7 Å². The molecular formula is C8H18Cl4O2P2. The molecule has 0 radical (unpaired) electrons. The van der Waals surface area contributed by atoms with Crippen LogP contribution >= 0.6 is 57.7 Å². The predicted octanol–water partition coefficient (Wildman–Crippen LogP) is 6.96. The van der Waals surface area contributed by atoms with Gasteiger partial charge in [-0.15, -0.1) is 0 Å². The monoisotopic (exact) mass is 348 g/mol. The molecule has 0 fully saturated rings. The summed E-state index contributed by atoms with van der Waals surface area (Å²) < 4.78 is 15.4. The summed E-state index contributed by atoms with van der Waals surface area (Å²) in [4.78, 5) is 0. The minimum absolute atomic E-state index is 0.451. The summed E-state index contributed by atoms with van der Waals surface area (Å²) in [6.07, 6.45) is 4.45. The molecular weight excluding hydrogens is 332 g/mol. The van der Waals surface area contributed by atoms with Crippen LogP contribution in [0, 0.1) is 0 Å². The standard InChI is InChI=1S/2C4H9Cl2OP/c1-2-3-4-8(5,6)7;1-2-3-4-7-8(5)6/h2*2-4H2,1H3. The molecule has 0 unspecified atom stereocenters. The fraction of sp³-hybridized carbons (Fsp3) is 1.00. The maximum atomic E-state index is 10.5. The lowest BCUT2D eigenvalue weighted by Crippen LogP contribution is -1.81. The second-order valence-electron chi connectivity index (χ2n) is 3.04. The van der Waals surface area contributed by atoms with Crippen LogP contribution in [-0.4, -0.2) is 12.8 Å². The number of rotatable bonds is 7. The lowest BCUT2D eigenvalue weighted by atomic mass is 10.4. The van der Waals surface area contributed by atoms with Crippen LogP contribution in [0.1, 0.15) is 39.5 Å². The van der Waals surface area contributed by atoms with Gasteiger partial charge in [-0.1, -0.05) is 26.7 Å². The van der Waals surface area contributed by atoms with Gasteiger partial charge < -0.3 is 4.52 Å². The van der Waals surface area contributed by atoms with Gasteiger partial charge in [0.25, 0.3) is 5.85 Å². The van der Waals surface area contributed by atoms with Gasteiger partial charge in [-0.3, -0.25) is 4.57 Å². The molecule has 0 aromatic rings. The van der Waals surface area contributed by atoms with Gasteiger partial charge in [0.2, 0.25) is 6.85 Å². The molecule has 0 aliphatic rings. The third-order valence-corrected chi connectivity index (χ3v) is 4.27. The minimum atomic E-state index is -2.74. The molecule has 0 aliphatic heterocycles. The van der Waals surface area contributed by atoms with Crippen LogP contribution in [0.15, 0.2) is 0 Å². The van der Waals surface area contributed by atoms with E-state index in [1.165, 1.54) is 0 Å². The first-order valence-corrected chi connectivity index (χ1v) is 11.8. The third-order valence-electron chi connectivity index (χ3n) is 1.46. The normalized spacial score (nSPS) is 11.2. The summed E-state index contributed by atoms with van der Waals surface area (Å²) in [7, 11) is 0. The van der Waals surface area contributed by atoms with E-state index in [2.05, 4.69) is 6.92 Å². The van der Waals surface area contributed by atoms with E-state index in [0.29, 0.717) is 12.8 Å². The Morgan fingerprint density at radius 2 is 1.62 bits per heavy atom. The molecule has 0 aromatic heterocycles. The van der Waals surface area contributed by atoms with Crippen molar-refractivity contribution >= 4 is 57.7 Å². The van der Waals surface area contributed by atoms with Crippen molar-refractivity contribution in [2.45, 2.75) is 39.5 Å². The summed E-state index contributed by atoms with van der Waals surface area (Å²) in [5.74, 6) is -2.74. The Hall–Kier alpha value is 1.78. The SMILES string of the molecule is CCCCOP(Cl)Cl.CCCCP(=O)(Cl)Cl. The maximum absolute atomic E-state index is 10.5. The maximum Gasteiger partial charge on any atom is 0.253 e. The molecule has 0 atom stereocenters. The van der Waals surface area contributed by atoms with Crippen molar-refractivity contribution in [3.05, 3.63) is 0 Å². The zero-order chi connectivity index (χ0) is 13.0. The molecule has 100 valence electrons. The second-order valence-corrected chi connectivity index (χ2v) is 11.4. The number of hydrogen-bond donors (Lipinski definition) is 0. The van der Waals surface area contributed by atoms with Crippen molar-refractivity contribution in [1.29, 1.82) is 0 Å². The molecule has 16 heavy (non-hydrogen) atoms. The highest BCUT2D eigenvalue weighted by molar-refractivity contribution is 8.08. The van der Waals surface area contributed by atoms with Gasteiger partial charge in [0.1, 0.15) is 0 Å². The highest BCUT2D eigenvalue weighted by Gasteiger charge is 2.10. The summed E-state index contributed by atoms with van der Waals surface area (Å²) >= 11 is 21.1. The van der Waals surface area contributed by atoms with Crippen molar-refractivity contribution < 1.29 is 9.09 Å². The Bertz CT molecular complexity index is 187. The zero-order valence-electron chi connectivity index (χ0n) is 9.47. The van der Waals surface area contributed by atoms with Crippen molar-refractivity contribution in [2.24, 2.45) is 0 Å². The van der Waals surface area contributed by atoms with E-state index in [-0.39, 0.29) is 0 Å². The van der Waals surface area contributed by atoms with Gasteiger partial charge >= 0.3 is 0 Å². The summed E-state index contributed by atoms with van der Waals surface area (Å²) in [5.41, 5.74) is 0. The van der Waals surface area contributed by atoms with Crippen molar-refractivity contribution in [2.75, 3.05) is 12.8 Å². The van der Waals surface area contributed by atoms with E-state index < -0.39 is 12.7 Å². The number of halogens is 4. The van der Waals surface area contributed by atoms with Crippen LogP contribution in [-0.2, 0) is 9.09 Å². The highest BCUT2D eigenvalue weighted by atomic mass is 35.9. The molecule has 0 amide bonds. The van der Waals surface area contributed by atoms with Gasteiger partial charge in [0, 0.05) is 6.16 Å². The minimum Gasteiger partial charge on any atom is -0.332 e. The Kier molecular flexibility index (Phi) is 16.6. The summed E-state index contributed by atoms with van der Waals surface area (Å²) in [6, 6.07) is 0. The quantitative estimate of drug-likeness (QED) is 0.366. The largest absolute Gasteiger partial charge is 0.332 e. The van der Waals surface area contributed by atoms with Crippen LogP contribution in [0.5, 0.6) is 0 Å². The van der Waals surface area contributed by atoms with E-state index in [4.69, 9.17) is 49.5 Å². The van der Waals surface area contributed by atoms with E-state index in [1.807, 2.05) is 6.92 Å². The van der Waals surface area contributed by atoms with Crippen molar-refractivity contribution in [3.63, 3.8) is 0 Å². The van der Waals surface area contributed by atoms with Gasteiger partial charge in [0.15, 0.2) is 0 Å². The molecule has 0 heterocycles. The Balaban J connectivity index is 0. The van der Waals surface area contributed by atoms with Gasteiger partial charge in [-0.05, 0) is 57.8 Å². The molecule has 0 saturated carbocycles. The lowest BCUT2D eigenvalue weighted by molar-refractivity contribution is 0.355. The van der Waals surface area contributed by atoms with Crippen LogP contribution < -0.4 is 0 Å². The summed E-state index contributed by atoms with van der Waals surface area (Å²) in [5, 5.41) is 0. The molecule has 0 bridgehead atoms. The first kappa shape index (κ1) is 20.1.